The number of nitrogens with zero attached hydrogens (tertiary/aromatic N) is 2. The maximum Gasteiger partial charge on any atom is 0.267 e. The Bertz CT molecular complexity index is 727. The molecular weight excluding hydrogens is 248 g/mol. The van der Waals surface area contributed by atoms with Crippen LogP contribution in [0.1, 0.15) is 39.1 Å². The van der Waals surface area contributed by atoms with Crippen molar-refractivity contribution in [1.82, 2.24) is 9.78 Å². The normalized spacial score (nSPS) is 10.9. The van der Waals surface area contributed by atoms with Gasteiger partial charge in [0.15, 0.2) is 0 Å². The molecule has 0 saturated heterocycles. The van der Waals surface area contributed by atoms with Crippen LogP contribution in [0, 0.1) is 41.5 Å². The van der Waals surface area contributed by atoms with Crippen LogP contribution in [0.5, 0.6) is 0 Å². The molecule has 0 aliphatic rings. The summed E-state index contributed by atoms with van der Waals surface area (Å²) in [6.45, 7) is 12.9. The Labute approximate surface area is 120 Å². The molecule has 0 aliphatic heterocycles. The molecule has 0 spiro atoms. The van der Waals surface area contributed by atoms with Gasteiger partial charge in [0, 0.05) is 6.07 Å². The predicted molar refractivity (Wildman–Crippen MR) is 82.5 cm³/mol. The van der Waals surface area contributed by atoms with Gasteiger partial charge in [0.25, 0.3) is 5.56 Å². The van der Waals surface area contributed by atoms with Crippen molar-refractivity contribution in [3.8, 4) is 0 Å². The van der Waals surface area contributed by atoms with E-state index in [9.17, 15) is 4.79 Å². The van der Waals surface area contributed by atoms with E-state index >= 15 is 0 Å². The third-order valence-electron chi connectivity index (χ3n) is 4.34. The van der Waals surface area contributed by atoms with Gasteiger partial charge in [0.05, 0.1) is 12.2 Å². The highest BCUT2D eigenvalue weighted by Gasteiger charge is 2.09. The maximum absolute atomic E-state index is 12.0. The van der Waals surface area contributed by atoms with Crippen LogP contribution >= 0.6 is 0 Å². The zero-order valence-corrected chi connectivity index (χ0v) is 13.2. The molecule has 1 heterocycles. The van der Waals surface area contributed by atoms with Crippen molar-refractivity contribution in [2.75, 3.05) is 0 Å². The van der Waals surface area contributed by atoms with Gasteiger partial charge in [0.1, 0.15) is 0 Å². The zero-order chi connectivity index (χ0) is 15.0. The molecule has 0 aliphatic carbocycles. The molecule has 0 saturated carbocycles. The standard InChI is InChI=1S/C17H22N2O/c1-10-7-16(14(5)13(4)12(10)3)9-19-17(20)8-11(2)15(6)18-19/h7-8H,9H2,1-6H3. The first-order valence-electron chi connectivity index (χ1n) is 6.93. The van der Waals surface area contributed by atoms with Gasteiger partial charge in [0.2, 0.25) is 0 Å². The van der Waals surface area contributed by atoms with E-state index in [1.807, 2.05) is 13.8 Å². The molecule has 1 aromatic heterocycles. The molecule has 0 bridgehead atoms. The fourth-order valence-electron chi connectivity index (χ4n) is 2.41. The van der Waals surface area contributed by atoms with Gasteiger partial charge in [-0.15, -0.1) is 0 Å². The van der Waals surface area contributed by atoms with E-state index in [-0.39, 0.29) is 5.56 Å². The first-order valence-corrected chi connectivity index (χ1v) is 6.93. The van der Waals surface area contributed by atoms with E-state index in [0.717, 1.165) is 11.3 Å². The highest BCUT2D eigenvalue weighted by atomic mass is 16.1. The van der Waals surface area contributed by atoms with Crippen molar-refractivity contribution < 1.29 is 0 Å². The number of aryl methyl sites for hydroxylation is 3. The van der Waals surface area contributed by atoms with Crippen LogP contribution in [-0.4, -0.2) is 9.78 Å². The van der Waals surface area contributed by atoms with Gasteiger partial charge in [-0.3, -0.25) is 4.79 Å². The molecule has 106 valence electrons. The smallest absolute Gasteiger partial charge is 0.267 e. The molecule has 0 amide bonds. The number of rotatable bonds is 2. The molecule has 2 rings (SSSR count). The third kappa shape index (κ3) is 2.53. The minimum Gasteiger partial charge on any atom is -0.268 e. The van der Waals surface area contributed by atoms with E-state index in [2.05, 4.69) is 38.9 Å². The summed E-state index contributed by atoms with van der Waals surface area (Å²) in [5, 5.41) is 4.39. The quantitative estimate of drug-likeness (QED) is 0.840. The fraction of sp³-hybridized carbons (Fsp3) is 0.412. The Morgan fingerprint density at radius 3 is 2.20 bits per heavy atom. The summed E-state index contributed by atoms with van der Waals surface area (Å²) < 4.78 is 1.55. The third-order valence-corrected chi connectivity index (χ3v) is 4.34. The van der Waals surface area contributed by atoms with Gasteiger partial charge >= 0.3 is 0 Å². The molecule has 0 atom stereocenters. The molecule has 0 unspecified atom stereocenters. The molecule has 0 fully saturated rings. The van der Waals surface area contributed by atoms with E-state index in [1.165, 1.54) is 27.8 Å². The fourth-order valence-corrected chi connectivity index (χ4v) is 2.41. The van der Waals surface area contributed by atoms with Crippen LogP contribution in [-0.2, 0) is 6.54 Å². The minimum atomic E-state index is -0.0385. The topological polar surface area (TPSA) is 34.9 Å². The van der Waals surface area contributed by atoms with Crippen molar-refractivity contribution in [2.24, 2.45) is 0 Å². The van der Waals surface area contributed by atoms with Crippen molar-refractivity contribution >= 4 is 0 Å². The SMILES string of the molecule is Cc1cc(=O)n(Cc2cc(C)c(C)c(C)c2C)nc1C. The highest BCUT2D eigenvalue weighted by Crippen LogP contribution is 2.21. The van der Waals surface area contributed by atoms with Crippen molar-refractivity contribution in [2.45, 2.75) is 48.1 Å². The molecule has 2 aromatic rings. The lowest BCUT2D eigenvalue weighted by Crippen LogP contribution is -2.24. The van der Waals surface area contributed by atoms with E-state index in [0.29, 0.717) is 6.54 Å². The summed E-state index contributed by atoms with van der Waals surface area (Å²) in [5.41, 5.74) is 8.12. The molecule has 3 heteroatoms. The Balaban J connectivity index is 2.51. The number of hydrogen-bond donors (Lipinski definition) is 0. The van der Waals surface area contributed by atoms with Gasteiger partial charge in [-0.1, -0.05) is 6.07 Å². The van der Waals surface area contributed by atoms with Crippen LogP contribution in [0.2, 0.25) is 0 Å². The van der Waals surface area contributed by atoms with E-state index in [4.69, 9.17) is 0 Å². The van der Waals surface area contributed by atoms with Gasteiger partial charge in [-0.2, -0.15) is 5.10 Å². The summed E-state index contributed by atoms with van der Waals surface area (Å²) >= 11 is 0. The van der Waals surface area contributed by atoms with Gasteiger partial charge in [-0.25, -0.2) is 4.68 Å². The van der Waals surface area contributed by atoms with Crippen molar-refractivity contribution in [3.05, 3.63) is 61.6 Å². The minimum absolute atomic E-state index is 0.0385. The Hall–Kier alpha value is -1.90. The summed E-state index contributed by atoms with van der Waals surface area (Å²) in [6.07, 6.45) is 0. The molecule has 0 N–H and O–H groups in total. The van der Waals surface area contributed by atoms with Gasteiger partial charge < -0.3 is 0 Å². The van der Waals surface area contributed by atoms with E-state index in [1.54, 1.807) is 10.7 Å². The van der Waals surface area contributed by atoms with Gasteiger partial charge in [-0.05, 0) is 74.9 Å². The highest BCUT2D eigenvalue weighted by molar-refractivity contribution is 5.43. The molecule has 20 heavy (non-hydrogen) atoms. The first-order chi connectivity index (χ1) is 9.31. The Morgan fingerprint density at radius 1 is 0.900 bits per heavy atom. The molecule has 0 radical (unpaired) electrons. The zero-order valence-electron chi connectivity index (χ0n) is 13.2. The van der Waals surface area contributed by atoms with Crippen LogP contribution in [0.15, 0.2) is 16.9 Å². The molecule has 1 aromatic carbocycles. The lowest BCUT2D eigenvalue weighted by Gasteiger charge is -2.15. The summed E-state index contributed by atoms with van der Waals surface area (Å²) in [7, 11) is 0. The Morgan fingerprint density at radius 2 is 1.55 bits per heavy atom. The van der Waals surface area contributed by atoms with Crippen LogP contribution < -0.4 is 5.56 Å². The summed E-state index contributed by atoms with van der Waals surface area (Å²) in [4.78, 5) is 12.0. The second-order valence-electron chi connectivity index (χ2n) is 5.64. The lowest BCUT2D eigenvalue weighted by molar-refractivity contribution is 0.622. The first kappa shape index (κ1) is 14.5. The average molecular weight is 270 g/mol. The summed E-state index contributed by atoms with van der Waals surface area (Å²) in [5.74, 6) is 0. The van der Waals surface area contributed by atoms with Crippen LogP contribution in [0.25, 0.3) is 0 Å². The van der Waals surface area contributed by atoms with Crippen LogP contribution in [0.3, 0.4) is 0 Å². The monoisotopic (exact) mass is 270 g/mol. The largest absolute Gasteiger partial charge is 0.268 e. The number of aromatic nitrogens is 2. The number of benzene rings is 1. The summed E-state index contributed by atoms with van der Waals surface area (Å²) in [6, 6.07) is 3.83. The van der Waals surface area contributed by atoms with Crippen LogP contribution in [0.4, 0.5) is 0 Å². The molecular formula is C17H22N2O. The predicted octanol–water partition coefficient (Wildman–Crippen LogP) is 3.14. The maximum atomic E-state index is 12.0. The van der Waals surface area contributed by atoms with Crippen molar-refractivity contribution in [3.63, 3.8) is 0 Å². The average Bonchev–Trinajstić information content (AvgIpc) is 2.39. The molecule has 3 nitrogen and oxygen atoms in total. The Kier molecular flexibility index (Phi) is 3.80. The second-order valence-corrected chi connectivity index (χ2v) is 5.64. The number of hydrogen-bond acceptors (Lipinski definition) is 2. The van der Waals surface area contributed by atoms with E-state index < -0.39 is 0 Å². The lowest BCUT2D eigenvalue weighted by atomic mass is 9.94. The van der Waals surface area contributed by atoms with Crippen molar-refractivity contribution in [1.29, 1.82) is 0 Å². The second kappa shape index (κ2) is 5.23.